The van der Waals surface area contributed by atoms with E-state index in [-0.39, 0.29) is 23.8 Å². The number of carbonyl (C=O) groups excluding carboxylic acids is 2. The van der Waals surface area contributed by atoms with Gasteiger partial charge in [-0.15, -0.1) is 0 Å². The Morgan fingerprint density at radius 2 is 2.17 bits per heavy atom. The molecule has 0 saturated carbocycles. The Hall–Kier alpha value is -2.14. The van der Waals surface area contributed by atoms with Crippen LogP contribution in [-0.4, -0.2) is 35.5 Å². The lowest BCUT2D eigenvalue weighted by Gasteiger charge is -2.17. The fourth-order valence-electron chi connectivity index (χ4n) is 3.10. The Bertz CT molecular complexity index is 729. The second kappa shape index (κ2) is 6.54. The molecular formula is C18H22N2O3. The Balaban J connectivity index is 1.81. The standard InChI is InChI=1S/C18H22N2O3/c1-12(18(22)19-10-14-6-5-9-23-14)20-11-16(13(2)21)15-7-3-4-8-17(15)20/h3-4,7-8,11-12,14H,5-6,9-10H2,1-2H3,(H,19,22)/t12-,14-/m1/s1. The van der Waals surface area contributed by atoms with E-state index >= 15 is 0 Å². The van der Waals surface area contributed by atoms with Crippen LogP contribution < -0.4 is 5.32 Å². The van der Waals surface area contributed by atoms with Gasteiger partial charge >= 0.3 is 0 Å². The van der Waals surface area contributed by atoms with Gasteiger partial charge in [-0.3, -0.25) is 9.59 Å². The second-order valence-electron chi connectivity index (χ2n) is 6.08. The van der Waals surface area contributed by atoms with Crippen LogP contribution in [0.2, 0.25) is 0 Å². The van der Waals surface area contributed by atoms with Crippen LogP contribution >= 0.6 is 0 Å². The number of para-hydroxylation sites is 1. The number of hydrogen-bond donors (Lipinski definition) is 1. The summed E-state index contributed by atoms with van der Waals surface area (Å²) in [4.78, 5) is 24.3. The predicted molar refractivity (Wildman–Crippen MR) is 88.6 cm³/mol. The highest BCUT2D eigenvalue weighted by Gasteiger charge is 2.22. The van der Waals surface area contributed by atoms with Crippen molar-refractivity contribution < 1.29 is 14.3 Å². The Labute approximate surface area is 135 Å². The van der Waals surface area contributed by atoms with Crippen LogP contribution in [0.5, 0.6) is 0 Å². The molecule has 3 rings (SSSR count). The van der Waals surface area contributed by atoms with Crippen molar-refractivity contribution in [3.05, 3.63) is 36.0 Å². The number of carbonyl (C=O) groups is 2. The summed E-state index contributed by atoms with van der Waals surface area (Å²) in [5.74, 6) is -0.0525. The van der Waals surface area contributed by atoms with Gasteiger partial charge in [0.25, 0.3) is 0 Å². The lowest BCUT2D eigenvalue weighted by molar-refractivity contribution is -0.124. The van der Waals surface area contributed by atoms with E-state index in [4.69, 9.17) is 4.74 Å². The third kappa shape index (κ3) is 3.15. The summed E-state index contributed by atoms with van der Waals surface area (Å²) in [6.45, 7) is 4.72. The first-order valence-corrected chi connectivity index (χ1v) is 8.07. The largest absolute Gasteiger partial charge is 0.376 e. The van der Waals surface area contributed by atoms with Gasteiger partial charge < -0.3 is 14.6 Å². The van der Waals surface area contributed by atoms with E-state index in [9.17, 15) is 9.59 Å². The molecular weight excluding hydrogens is 292 g/mol. The molecule has 2 heterocycles. The van der Waals surface area contributed by atoms with Gasteiger partial charge in [-0.25, -0.2) is 0 Å². The van der Waals surface area contributed by atoms with Gasteiger partial charge in [0.05, 0.1) is 6.10 Å². The minimum absolute atomic E-state index is 0.00640. The first-order chi connectivity index (χ1) is 11.1. The highest BCUT2D eigenvalue weighted by molar-refractivity contribution is 6.07. The average molecular weight is 314 g/mol. The van der Waals surface area contributed by atoms with Gasteiger partial charge in [0.2, 0.25) is 5.91 Å². The quantitative estimate of drug-likeness (QED) is 0.863. The topological polar surface area (TPSA) is 60.3 Å². The number of ketones is 1. The third-order valence-corrected chi connectivity index (χ3v) is 4.44. The zero-order valence-electron chi connectivity index (χ0n) is 13.5. The fourth-order valence-corrected chi connectivity index (χ4v) is 3.10. The molecule has 5 heteroatoms. The number of nitrogens with one attached hydrogen (secondary N) is 1. The Morgan fingerprint density at radius 3 is 2.87 bits per heavy atom. The van der Waals surface area contributed by atoms with Crippen LogP contribution in [0.15, 0.2) is 30.5 Å². The minimum atomic E-state index is -0.380. The number of ether oxygens (including phenoxy) is 1. The molecule has 1 aliphatic rings. The molecule has 0 radical (unpaired) electrons. The number of fused-ring (bicyclic) bond motifs is 1. The summed E-state index contributed by atoms with van der Waals surface area (Å²) in [6, 6.07) is 7.29. The maximum Gasteiger partial charge on any atom is 0.242 e. The lowest BCUT2D eigenvalue weighted by Crippen LogP contribution is -2.36. The maximum atomic E-state index is 12.5. The van der Waals surface area contributed by atoms with Crippen LogP contribution in [0.3, 0.4) is 0 Å². The molecule has 2 aromatic rings. The van der Waals surface area contributed by atoms with E-state index in [1.54, 1.807) is 13.1 Å². The molecule has 122 valence electrons. The zero-order valence-corrected chi connectivity index (χ0v) is 13.5. The van der Waals surface area contributed by atoms with Crippen molar-refractivity contribution in [3.8, 4) is 0 Å². The predicted octanol–water partition coefficient (Wildman–Crippen LogP) is 2.70. The van der Waals surface area contributed by atoms with Gasteiger partial charge in [-0.05, 0) is 32.8 Å². The van der Waals surface area contributed by atoms with Gasteiger partial charge in [-0.1, -0.05) is 18.2 Å². The minimum Gasteiger partial charge on any atom is -0.376 e. The van der Waals surface area contributed by atoms with Crippen molar-refractivity contribution >= 4 is 22.6 Å². The molecule has 0 unspecified atom stereocenters. The van der Waals surface area contributed by atoms with E-state index in [2.05, 4.69) is 5.32 Å². The van der Waals surface area contributed by atoms with Crippen molar-refractivity contribution in [3.63, 3.8) is 0 Å². The van der Waals surface area contributed by atoms with Crippen molar-refractivity contribution in [1.29, 1.82) is 0 Å². The highest BCUT2D eigenvalue weighted by atomic mass is 16.5. The van der Waals surface area contributed by atoms with E-state index in [0.29, 0.717) is 12.1 Å². The highest BCUT2D eigenvalue weighted by Crippen LogP contribution is 2.25. The monoisotopic (exact) mass is 314 g/mol. The fraction of sp³-hybridized carbons (Fsp3) is 0.444. The summed E-state index contributed by atoms with van der Waals surface area (Å²) < 4.78 is 7.40. The second-order valence-corrected chi connectivity index (χ2v) is 6.08. The number of benzene rings is 1. The molecule has 1 saturated heterocycles. The molecule has 1 aromatic heterocycles. The summed E-state index contributed by atoms with van der Waals surface area (Å²) in [5, 5.41) is 3.84. The third-order valence-electron chi connectivity index (χ3n) is 4.44. The van der Waals surface area contributed by atoms with Gasteiger partial charge in [0.1, 0.15) is 6.04 Å². The molecule has 1 aliphatic heterocycles. The molecule has 23 heavy (non-hydrogen) atoms. The first-order valence-electron chi connectivity index (χ1n) is 8.07. The van der Waals surface area contributed by atoms with Gasteiger partial charge in [0, 0.05) is 35.8 Å². The van der Waals surface area contributed by atoms with Crippen molar-refractivity contribution in [2.75, 3.05) is 13.2 Å². The van der Waals surface area contributed by atoms with E-state index in [1.165, 1.54) is 0 Å². The average Bonchev–Trinajstić information content (AvgIpc) is 3.19. The molecule has 1 aromatic carbocycles. The molecule has 2 atom stereocenters. The maximum absolute atomic E-state index is 12.5. The molecule has 1 N–H and O–H groups in total. The number of hydrogen-bond acceptors (Lipinski definition) is 3. The van der Waals surface area contributed by atoms with Crippen LogP contribution in [0.4, 0.5) is 0 Å². The summed E-state index contributed by atoms with van der Waals surface area (Å²) in [6.07, 6.45) is 3.96. The number of amides is 1. The van der Waals surface area contributed by atoms with E-state index in [1.807, 2.05) is 35.8 Å². The van der Waals surface area contributed by atoms with Crippen LogP contribution in [-0.2, 0) is 9.53 Å². The SMILES string of the molecule is CC(=O)c1cn([C@H](C)C(=O)NC[C@H]2CCCO2)c2ccccc12. The number of nitrogens with zero attached hydrogens (tertiary/aromatic N) is 1. The normalized spacial score (nSPS) is 19.0. The molecule has 0 spiro atoms. The van der Waals surface area contributed by atoms with Gasteiger partial charge in [0.15, 0.2) is 5.78 Å². The van der Waals surface area contributed by atoms with Crippen molar-refractivity contribution in [2.24, 2.45) is 0 Å². The zero-order chi connectivity index (χ0) is 16.4. The van der Waals surface area contributed by atoms with Crippen LogP contribution in [0, 0.1) is 0 Å². The van der Waals surface area contributed by atoms with Crippen molar-refractivity contribution in [2.45, 2.75) is 38.8 Å². The molecule has 0 aliphatic carbocycles. The Morgan fingerprint density at radius 1 is 1.39 bits per heavy atom. The van der Waals surface area contributed by atoms with E-state index in [0.717, 1.165) is 30.4 Å². The van der Waals surface area contributed by atoms with Crippen molar-refractivity contribution in [1.82, 2.24) is 9.88 Å². The lowest BCUT2D eigenvalue weighted by atomic mass is 10.1. The molecule has 1 fully saturated rings. The number of rotatable bonds is 5. The number of aromatic nitrogens is 1. The number of Topliss-reactive ketones (excluding diaryl/α,β-unsaturated/α-hetero) is 1. The van der Waals surface area contributed by atoms with Gasteiger partial charge in [-0.2, -0.15) is 0 Å². The first kappa shape index (κ1) is 15.7. The van der Waals surface area contributed by atoms with Crippen LogP contribution in [0.25, 0.3) is 10.9 Å². The summed E-state index contributed by atoms with van der Waals surface area (Å²) in [7, 11) is 0. The molecule has 0 bridgehead atoms. The Kier molecular flexibility index (Phi) is 4.48. The smallest absolute Gasteiger partial charge is 0.242 e. The molecule has 1 amide bonds. The summed E-state index contributed by atoms with van der Waals surface area (Å²) >= 11 is 0. The molecule has 5 nitrogen and oxygen atoms in total. The van der Waals surface area contributed by atoms with Crippen LogP contribution in [0.1, 0.15) is 43.1 Å². The van der Waals surface area contributed by atoms with E-state index < -0.39 is 0 Å². The summed E-state index contributed by atoms with van der Waals surface area (Å²) in [5.41, 5.74) is 1.55.